The summed E-state index contributed by atoms with van der Waals surface area (Å²) in [5, 5.41) is 3.26. The highest BCUT2D eigenvalue weighted by molar-refractivity contribution is 5.68. The molecule has 1 saturated heterocycles. The lowest BCUT2D eigenvalue weighted by Crippen LogP contribution is -2.49. The molecule has 8 nitrogen and oxygen atoms in total. The molecule has 8 heteroatoms. The minimum atomic E-state index is -0.264. The van der Waals surface area contributed by atoms with Gasteiger partial charge in [-0.1, -0.05) is 12.1 Å². The predicted molar refractivity (Wildman–Crippen MR) is 99.1 cm³/mol. The minimum absolute atomic E-state index is 0.264. The van der Waals surface area contributed by atoms with Crippen molar-refractivity contribution in [1.82, 2.24) is 14.9 Å². The van der Waals surface area contributed by atoms with Gasteiger partial charge < -0.3 is 24.6 Å². The molecule has 0 saturated carbocycles. The largest absolute Gasteiger partial charge is 0.495 e. The average Bonchev–Trinajstić information content (AvgIpc) is 2.69. The molecule has 3 rings (SSSR count). The van der Waals surface area contributed by atoms with Gasteiger partial charge in [0, 0.05) is 32.4 Å². The highest BCUT2D eigenvalue weighted by Gasteiger charge is 2.23. The van der Waals surface area contributed by atoms with E-state index >= 15 is 0 Å². The van der Waals surface area contributed by atoms with Crippen molar-refractivity contribution in [3.8, 4) is 5.75 Å². The molecule has 0 spiro atoms. The summed E-state index contributed by atoms with van der Waals surface area (Å²) in [6.07, 6.45) is 1.46. The van der Waals surface area contributed by atoms with Crippen LogP contribution in [0.15, 0.2) is 36.5 Å². The molecule has 1 aliphatic rings. The normalized spacial score (nSPS) is 14.1. The van der Waals surface area contributed by atoms with Crippen LogP contribution in [0.2, 0.25) is 0 Å². The molecule has 1 aromatic carbocycles. The molecule has 0 bridgehead atoms. The van der Waals surface area contributed by atoms with E-state index in [0.29, 0.717) is 44.6 Å². The summed E-state index contributed by atoms with van der Waals surface area (Å²) in [4.78, 5) is 24.5. The molecule has 0 atom stereocenters. The van der Waals surface area contributed by atoms with Gasteiger partial charge in [-0.2, -0.15) is 4.98 Å². The maximum Gasteiger partial charge on any atom is 0.409 e. The Balaban J connectivity index is 1.66. The third kappa shape index (κ3) is 4.14. The number of hydrogen-bond donors (Lipinski definition) is 1. The number of rotatable bonds is 5. The summed E-state index contributed by atoms with van der Waals surface area (Å²) in [5.41, 5.74) is 0.840. The first-order valence-electron chi connectivity index (χ1n) is 8.61. The van der Waals surface area contributed by atoms with Gasteiger partial charge in [-0.25, -0.2) is 9.78 Å². The smallest absolute Gasteiger partial charge is 0.409 e. The Morgan fingerprint density at radius 2 is 1.96 bits per heavy atom. The molecule has 1 aromatic heterocycles. The molecule has 0 unspecified atom stereocenters. The van der Waals surface area contributed by atoms with E-state index in [1.165, 1.54) is 0 Å². The molecule has 1 fully saturated rings. The van der Waals surface area contributed by atoms with E-state index in [0.717, 1.165) is 11.4 Å². The van der Waals surface area contributed by atoms with Gasteiger partial charge in [0.2, 0.25) is 5.95 Å². The quantitative estimate of drug-likeness (QED) is 0.880. The number of anilines is 3. The molecular formula is C18H23N5O3. The molecule has 138 valence electrons. The second-order valence-corrected chi connectivity index (χ2v) is 5.74. The van der Waals surface area contributed by atoms with Crippen molar-refractivity contribution >= 4 is 23.5 Å². The van der Waals surface area contributed by atoms with Gasteiger partial charge in [0.05, 0.1) is 19.4 Å². The molecule has 0 radical (unpaired) electrons. The maximum atomic E-state index is 11.8. The number of ether oxygens (including phenoxy) is 2. The van der Waals surface area contributed by atoms with Crippen LogP contribution in [0.25, 0.3) is 0 Å². The summed E-state index contributed by atoms with van der Waals surface area (Å²) in [7, 11) is 1.63. The number of aromatic nitrogens is 2. The Labute approximate surface area is 152 Å². The standard InChI is InChI=1S/C18H23N5O3/c1-3-26-18(24)23-12-10-22(11-13-23)17-19-9-8-16(21-17)20-14-6-4-5-7-15(14)25-2/h4-9H,3,10-13H2,1-2H3,(H,19,20,21). The first-order chi connectivity index (χ1) is 12.7. The van der Waals surface area contributed by atoms with Crippen LogP contribution in [0.4, 0.5) is 22.2 Å². The summed E-state index contributed by atoms with van der Waals surface area (Å²) in [5.74, 6) is 2.07. The van der Waals surface area contributed by atoms with Crippen molar-refractivity contribution < 1.29 is 14.3 Å². The Hall–Kier alpha value is -3.03. The van der Waals surface area contributed by atoms with Crippen LogP contribution in [-0.4, -0.2) is 60.9 Å². The lowest BCUT2D eigenvalue weighted by atomic mass is 10.3. The molecule has 1 aliphatic heterocycles. The van der Waals surface area contributed by atoms with Crippen molar-refractivity contribution in [3.63, 3.8) is 0 Å². The molecule has 0 aliphatic carbocycles. The number of hydrogen-bond acceptors (Lipinski definition) is 7. The SMILES string of the molecule is CCOC(=O)N1CCN(c2nccc(Nc3ccccc3OC)n2)CC1. The van der Waals surface area contributed by atoms with Crippen molar-refractivity contribution in [1.29, 1.82) is 0 Å². The first kappa shape index (κ1) is 17.8. The van der Waals surface area contributed by atoms with Gasteiger partial charge in [0.25, 0.3) is 0 Å². The fourth-order valence-corrected chi connectivity index (χ4v) is 2.76. The molecule has 1 N–H and O–H groups in total. The summed E-state index contributed by atoms with van der Waals surface area (Å²) >= 11 is 0. The lowest BCUT2D eigenvalue weighted by Gasteiger charge is -2.34. The highest BCUT2D eigenvalue weighted by Crippen LogP contribution is 2.26. The number of piperazine rings is 1. The Morgan fingerprint density at radius 3 is 2.69 bits per heavy atom. The Kier molecular flexibility index (Phi) is 5.73. The van der Waals surface area contributed by atoms with Crippen molar-refractivity contribution in [2.75, 3.05) is 50.1 Å². The first-order valence-corrected chi connectivity index (χ1v) is 8.61. The summed E-state index contributed by atoms with van der Waals surface area (Å²) in [6.45, 7) is 4.70. The number of benzene rings is 1. The van der Waals surface area contributed by atoms with Crippen LogP contribution in [-0.2, 0) is 4.74 Å². The summed E-state index contributed by atoms with van der Waals surface area (Å²) < 4.78 is 10.4. The maximum absolute atomic E-state index is 11.8. The number of methoxy groups -OCH3 is 1. The molecule has 26 heavy (non-hydrogen) atoms. The van der Waals surface area contributed by atoms with Crippen molar-refractivity contribution in [2.24, 2.45) is 0 Å². The number of nitrogens with zero attached hydrogens (tertiary/aromatic N) is 4. The molecular weight excluding hydrogens is 334 g/mol. The fraction of sp³-hybridized carbons (Fsp3) is 0.389. The van der Waals surface area contributed by atoms with E-state index < -0.39 is 0 Å². The van der Waals surface area contributed by atoms with Crippen LogP contribution in [0.5, 0.6) is 5.75 Å². The van der Waals surface area contributed by atoms with E-state index in [1.807, 2.05) is 37.3 Å². The lowest BCUT2D eigenvalue weighted by molar-refractivity contribution is 0.105. The van der Waals surface area contributed by atoms with E-state index in [1.54, 1.807) is 18.2 Å². The molecule has 1 amide bonds. The zero-order valence-corrected chi connectivity index (χ0v) is 15.0. The van der Waals surface area contributed by atoms with Crippen molar-refractivity contribution in [2.45, 2.75) is 6.92 Å². The fourth-order valence-electron chi connectivity index (χ4n) is 2.76. The minimum Gasteiger partial charge on any atom is -0.495 e. The highest BCUT2D eigenvalue weighted by atomic mass is 16.6. The third-order valence-electron chi connectivity index (χ3n) is 4.10. The zero-order chi connectivity index (χ0) is 18.4. The van der Waals surface area contributed by atoms with E-state index in [-0.39, 0.29) is 6.09 Å². The zero-order valence-electron chi connectivity index (χ0n) is 15.0. The van der Waals surface area contributed by atoms with Crippen LogP contribution in [0.3, 0.4) is 0 Å². The van der Waals surface area contributed by atoms with Gasteiger partial charge >= 0.3 is 6.09 Å². The van der Waals surface area contributed by atoms with E-state index in [9.17, 15) is 4.79 Å². The van der Waals surface area contributed by atoms with Crippen LogP contribution < -0.4 is 15.0 Å². The van der Waals surface area contributed by atoms with E-state index in [2.05, 4.69) is 20.2 Å². The number of nitrogens with one attached hydrogen (secondary N) is 1. The number of carbonyl (C=O) groups excluding carboxylic acids is 1. The van der Waals surface area contributed by atoms with E-state index in [4.69, 9.17) is 9.47 Å². The molecule has 2 aromatic rings. The Morgan fingerprint density at radius 1 is 1.19 bits per heavy atom. The van der Waals surface area contributed by atoms with Gasteiger partial charge in [0.15, 0.2) is 0 Å². The van der Waals surface area contributed by atoms with Crippen LogP contribution in [0, 0.1) is 0 Å². The summed E-state index contributed by atoms with van der Waals surface area (Å²) in [6, 6.07) is 9.47. The van der Waals surface area contributed by atoms with Gasteiger partial charge in [0.1, 0.15) is 11.6 Å². The predicted octanol–water partition coefficient (Wildman–Crippen LogP) is 2.51. The van der Waals surface area contributed by atoms with Crippen LogP contribution in [0.1, 0.15) is 6.92 Å². The molecule has 2 heterocycles. The van der Waals surface area contributed by atoms with Gasteiger partial charge in [-0.15, -0.1) is 0 Å². The number of para-hydroxylation sites is 2. The van der Waals surface area contributed by atoms with Gasteiger partial charge in [-0.05, 0) is 25.1 Å². The second kappa shape index (κ2) is 8.37. The monoisotopic (exact) mass is 357 g/mol. The topological polar surface area (TPSA) is 79.8 Å². The number of amides is 1. The number of carbonyl (C=O) groups is 1. The Bertz CT molecular complexity index is 747. The van der Waals surface area contributed by atoms with Gasteiger partial charge in [-0.3, -0.25) is 0 Å². The van der Waals surface area contributed by atoms with Crippen LogP contribution >= 0.6 is 0 Å². The van der Waals surface area contributed by atoms with Crippen molar-refractivity contribution in [3.05, 3.63) is 36.5 Å². The second-order valence-electron chi connectivity index (χ2n) is 5.74. The third-order valence-corrected chi connectivity index (χ3v) is 4.10. The average molecular weight is 357 g/mol.